The van der Waals surface area contributed by atoms with Crippen molar-refractivity contribution in [3.8, 4) is 23.0 Å². The number of anilines is 2. The van der Waals surface area contributed by atoms with Gasteiger partial charge in [0.1, 0.15) is 11.5 Å². The van der Waals surface area contributed by atoms with Gasteiger partial charge in [0.15, 0.2) is 16.6 Å². The molecule has 2 N–H and O–H groups in total. The molecule has 6 nitrogen and oxygen atoms in total. The van der Waals surface area contributed by atoms with Crippen molar-refractivity contribution in [2.75, 3.05) is 31.6 Å². The van der Waals surface area contributed by atoms with Crippen molar-refractivity contribution in [3.63, 3.8) is 0 Å². The molecule has 1 aliphatic heterocycles. The zero-order valence-electron chi connectivity index (χ0n) is 13.0. The maximum Gasteiger partial charge on any atom is 0.231 e. The van der Waals surface area contributed by atoms with Crippen LogP contribution in [0.3, 0.4) is 0 Å². The second-order valence-corrected chi connectivity index (χ2v) is 5.65. The molecule has 8 heteroatoms. The van der Waals surface area contributed by atoms with E-state index >= 15 is 0 Å². The van der Waals surface area contributed by atoms with Crippen LogP contribution in [0.1, 0.15) is 0 Å². The number of nitrogens with one attached hydrogen (secondary N) is 2. The number of hydrogen-bond donors (Lipinski definition) is 2. The molecule has 1 aliphatic rings. The van der Waals surface area contributed by atoms with Gasteiger partial charge in [-0.25, -0.2) is 0 Å². The first-order valence-electron chi connectivity index (χ1n) is 7.00. The summed E-state index contributed by atoms with van der Waals surface area (Å²) in [5, 5.41) is 6.98. The Bertz CT molecular complexity index is 785. The van der Waals surface area contributed by atoms with Gasteiger partial charge in [-0.1, -0.05) is 11.6 Å². The van der Waals surface area contributed by atoms with Gasteiger partial charge in [0, 0.05) is 23.9 Å². The van der Waals surface area contributed by atoms with E-state index in [1.165, 1.54) is 0 Å². The van der Waals surface area contributed by atoms with Crippen LogP contribution in [0.25, 0.3) is 0 Å². The molecule has 0 fully saturated rings. The smallest absolute Gasteiger partial charge is 0.231 e. The number of halogens is 1. The fraction of sp³-hybridized carbons (Fsp3) is 0.188. The summed E-state index contributed by atoms with van der Waals surface area (Å²) in [6.45, 7) is 0.225. The lowest BCUT2D eigenvalue weighted by molar-refractivity contribution is 0.174. The molecule has 0 saturated carbocycles. The Morgan fingerprint density at radius 2 is 1.79 bits per heavy atom. The van der Waals surface area contributed by atoms with Crippen LogP contribution in [0.5, 0.6) is 23.0 Å². The van der Waals surface area contributed by atoms with Gasteiger partial charge in [-0.15, -0.1) is 0 Å². The lowest BCUT2D eigenvalue weighted by Crippen LogP contribution is -2.19. The fourth-order valence-electron chi connectivity index (χ4n) is 2.22. The predicted octanol–water partition coefficient (Wildman–Crippen LogP) is 3.89. The lowest BCUT2D eigenvalue weighted by atomic mass is 10.2. The Labute approximate surface area is 149 Å². The Balaban J connectivity index is 1.75. The molecular formula is C16H15ClN2O4S. The molecule has 126 valence electrons. The molecule has 0 radical (unpaired) electrons. The normalized spacial score (nSPS) is 11.8. The molecule has 0 aromatic heterocycles. The highest BCUT2D eigenvalue weighted by Crippen LogP contribution is 2.36. The average molecular weight is 367 g/mol. The van der Waals surface area contributed by atoms with Crippen LogP contribution >= 0.6 is 23.8 Å². The molecule has 0 atom stereocenters. The van der Waals surface area contributed by atoms with E-state index in [1.807, 2.05) is 18.2 Å². The van der Waals surface area contributed by atoms with Crippen LogP contribution in [0.2, 0.25) is 5.02 Å². The van der Waals surface area contributed by atoms with E-state index in [4.69, 9.17) is 42.8 Å². The van der Waals surface area contributed by atoms with Crippen LogP contribution in [-0.4, -0.2) is 26.1 Å². The van der Waals surface area contributed by atoms with E-state index in [0.29, 0.717) is 38.8 Å². The summed E-state index contributed by atoms with van der Waals surface area (Å²) in [4.78, 5) is 0. The van der Waals surface area contributed by atoms with Crippen LogP contribution in [0, 0.1) is 0 Å². The summed E-state index contributed by atoms with van der Waals surface area (Å²) in [5.41, 5.74) is 1.41. The quantitative estimate of drug-likeness (QED) is 0.796. The largest absolute Gasteiger partial charge is 0.495 e. The van der Waals surface area contributed by atoms with E-state index < -0.39 is 0 Å². The van der Waals surface area contributed by atoms with Crippen molar-refractivity contribution in [3.05, 3.63) is 35.4 Å². The van der Waals surface area contributed by atoms with Crippen LogP contribution in [0.4, 0.5) is 11.4 Å². The third kappa shape index (κ3) is 3.42. The Kier molecular flexibility index (Phi) is 4.82. The van der Waals surface area contributed by atoms with Gasteiger partial charge in [0.2, 0.25) is 6.79 Å². The minimum absolute atomic E-state index is 0.225. The molecule has 0 unspecified atom stereocenters. The fourth-order valence-corrected chi connectivity index (χ4v) is 2.68. The number of rotatable bonds is 4. The first-order chi connectivity index (χ1) is 11.6. The van der Waals surface area contributed by atoms with Crippen LogP contribution < -0.4 is 29.6 Å². The van der Waals surface area contributed by atoms with Crippen LogP contribution in [-0.2, 0) is 0 Å². The number of fused-ring (bicyclic) bond motifs is 1. The first-order valence-corrected chi connectivity index (χ1v) is 7.78. The number of ether oxygens (including phenoxy) is 4. The second kappa shape index (κ2) is 7.02. The Morgan fingerprint density at radius 3 is 2.54 bits per heavy atom. The molecule has 1 heterocycles. The van der Waals surface area contributed by atoms with Crippen molar-refractivity contribution < 1.29 is 18.9 Å². The Hall–Kier alpha value is -2.38. The van der Waals surface area contributed by atoms with E-state index in [0.717, 1.165) is 5.69 Å². The molecule has 0 bridgehead atoms. The van der Waals surface area contributed by atoms with E-state index in [1.54, 1.807) is 26.4 Å². The summed E-state index contributed by atoms with van der Waals surface area (Å²) in [6, 6.07) is 8.86. The molecule has 0 saturated heterocycles. The topological polar surface area (TPSA) is 61.0 Å². The highest BCUT2D eigenvalue weighted by atomic mass is 35.5. The molecule has 0 amide bonds. The van der Waals surface area contributed by atoms with Gasteiger partial charge in [-0.2, -0.15) is 0 Å². The van der Waals surface area contributed by atoms with E-state index in [9.17, 15) is 0 Å². The molecule has 24 heavy (non-hydrogen) atoms. The molecule has 0 spiro atoms. The molecule has 3 rings (SSSR count). The summed E-state index contributed by atoms with van der Waals surface area (Å²) in [7, 11) is 3.10. The number of hydrogen-bond acceptors (Lipinski definition) is 5. The minimum atomic E-state index is 0.225. The first kappa shape index (κ1) is 16.5. The Morgan fingerprint density at radius 1 is 1.04 bits per heavy atom. The minimum Gasteiger partial charge on any atom is -0.495 e. The third-order valence-electron chi connectivity index (χ3n) is 3.35. The summed E-state index contributed by atoms with van der Waals surface area (Å²) in [6.07, 6.45) is 0. The van der Waals surface area contributed by atoms with Crippen molar-refractivity contribution in [1.82, 2.24) is 0 Å². The van der Waals surface area contributed by atoms with Gasteiger partial charge in [0.05, 0.1) is 24.9 Å². The standard InChI is InChI=1S/C16H15ClN2O4S/c1-20-13-7-11(14(21-2)6-10(13)17)19-16(24)18-9-3-4-12-15(5-9)23-8-22-12/h3-7H,8H2,1-2H3,(H2,18,19,24). The van der Waals surface area contributed by atoms with Gasteiger partial charge in [-0.05, 0) is 24.4 Å². The average Bonchev–Trinajstić information content (AvgIpc) is 3.03. The van der Waals surface area contributed by atoms with Crippen molar-refractivity contribution >= 4 is 40.3 Å². The highest BCUT2D eigenvalue weighted by molar-refractivity contribution is 7.80. The number of benzene rings is 2. The lowest BCUT2D eigenvalue weighted by Gasteiger charge is -2.15. The summed E-state index contributed by atoms with van der Waals surface area (Å²) >= 11 is 11.4. The maximum atomic E-state index is 6.09. The van der Waals surface area contributed by atoms with Crippen molar-refractivity contribution in [1.29, 1.82) is 0 Å². The number of methoxy groups -OCH3 is 2. The summed E-state index contributed by atoms with van der Waals surface area (Å²) < 4.78 is 21.1. The van der Waals surface area contributed by atoms with Crippen molar-refractivity contribution in [2.45, 2.75) is 0 Å². The third-order valence-corrected chi connectivity index (χ3v) is 3.85. The van der Waals surface area contributed by atoms with Gasteiger partial charge in [0.25, 0.3) is 0 Å². The predicted molar refractivity (Wildman–Crippen MR) is 97.0 cm³/mol. The zero-order chi connectivity index (χ0) is 17.1. The van der Waals surface area contributed by atoms with Crippen LogP contribution in [0.15, 0.2) is 30.3 Å². The van der Waals surface area contributed by atoms with Gasteiger partial charge >= 0.3 is 0 Å². The van der Waals surface area contributed by atoms with Gasteiger partial charge in [-0.3, -0.25) is 0 Å². The molecule has 2 aromatic carbocycles. The van der Waals surface area contributed by atoms with Gasteiger partial charge < -0.3 is 29.6 Å². The molecule has 0 aliphatic carbocycles. The zero-order valence-corrected chi connectivity index (χ0v) is 14.6. The van der Waals surface area contributed by atoms with Crippen molar-refractivity contribution in [2.24, 2.45) is 0 Å². The molecule has 2 aromatic rings. The van der Waals surface area contributed by atoms with E-state index in [2.05, 4.69) is 10.6 Å². The highest BCUT2D eigenvalue weighted by Gasteiger charge is 2.14. The summed E-state index contributed by atoms with van der Waals surface area (Å²) in [5.74, 6) is 2.46. The SMILES string of the molecule is COc1cc(NC(=S)Nc2ccc3c(c2)OCO3)c(OC)cc1Cl. The maximum absolute atomic E-state index is 6.09. The second-order valence-electron chi connectivity index (χ2n) is 4.83. The number of thiocarbonyl (C=S) groups is 1. The monoisotopic (exact) mass is 366 g/mol. The van der Waals surface area contributed by atoms with E-state index in [-0.39, 0.29) is 6.79 Å². The molecular weight excluding hydrogens is 352 g/mol.